The van der Waals surface area contributed by atoms with Crippen molar-refractivity contribution in [2.24, 2.45) is 10.9 Å². The molecule has 1 unspecified atom stereocenters. The lowest BCUT2D eigenvalue weighted by Gasteiger charge is -2.34. The summed E-state index contributed by atoms with van der Waals surface area (Å²) >= 11 is 1.50. The predicted molar refractivity (Wildman–Crippen MR) is 133 cm³/mol. The molecule has 0 aromatic heterocycles. The molecule has 190 valence electrons. The predicted octanol–water partition coefficient (Wildman–Crippen LogP) is 2.03. The second-order valence-corrected chi connectivity index (χ2v) is 10.4. The molecule has 3 heterocycles. The molecule has 0 bridgehead atoms. The van der Waals surface area contributed by atoms with Gasteiger partial charge in [0.2, 0.25) is 0 Å². The molecule has 2 saturated heterocycles. The van der Waals surface area contributed by atoms with Gasteiger partial charge in [0, 0.05) is 23.8 Å². The third kappa shape index (κ3) is 5.92. The third-order valence-electron chi connectivity index (χ3n) is 7.01. The number of carbonyl (C=O) groups excluding carboxylic acids is 3. The molecule has 35 heavy (non-hydrogen) atoms. The molecule has 0 spiro atoms. The van der Waals surface area contributed by atoms with Gasteiger partial charge in [-0.15, -0.1) is 11.8 Å². The number of thioether (sulfide) groups is 1. The fourth-order valence-corrected chi connectivity index (χ4v) is 6.00. The maximum absolute atomic E-state index is 13.8. The van der Waals surface area contributed by atoms with Crippen molar-refractivity contribution < 1.29 is 23.5 Å². The second-order valence-electron chi connectivity index (χ2n) is 9.31. The van der Waals surface area contributed by atoms with Gasteiger partial charge in [0.05, 0.1) is 11.1 Å². The molecule has 2 N–H and O–H groups in total. The molecular formula is C25H33FN4O4S. The van der Waals surface area contributed by atoms with Crippen molar-refractivity contribution >= 4 is 34.5 Å². The molecule has 2 fully saturated rings. The minimum atomic E-state index is -0.829. The monoisotopic (exact) mass is 504 g/mol. The lowest BCUT2D eigenvalue weighted by molar-refractivity contribution is -0.166. The molecular weight excluding hydrogens is 471 g/mol. The van der Waals surface area contributed by atoms with Crippen molar-refractivity contribution in [3.8, 4) is 0 Å². The Morgan fingerprint density at radius 1 is 1.20 bits per heavy atom. The summed E-state index contributed by atoms with van der Waals surface area (Å²) in [4.78, 5) is 45.7. The van der Waals surface area contributed by atoms with E-state index in [0.717, 1.165) is 43.8 Å². The number of nitrogens with zero attached hydrogens (tertiary/aromatic N) is 2. The van der Waals surface area contributed by atoms with E-state index in [1.165, 1.54) is 36.0 Å². The van der Waals surface area contributed by atoms with E-state index in [2.05, 4.69) is 10.6 Å². The molecule has 10 heteroatoms. The van der Waals surface area contributed by atoms with Crippen LogP contribution in [-0.2, 0) is 14.3 Å². The number of nitrogens with one attached hydrogen (secondary N) is 2. The number of rotatable bonds is 8. The molecule has 1 aromatic rings. The first-order valence-electron chi connectivity index (χ1n) is 12.3. The number of carbonyl (C=O) groups is 3. The Bertz CT molecular complexity index is 967. The number of benzene rings is 1. The van der Waals surface area contributed by atoms with Gasteiger partial charge in [-0.25, -0.2) is 4.39 Å². The Kier molecular flexibility index (Phi) is 8.56. The van der Waals surface area contributed by atoms with Crippen LogP contribution in [0.15, 0.2) is 29.3 Å². The minimum Gasteiger partial charge on any atom is -0.451 e. The number of hydrogen-bond acceptors (Lipinski definition) is 8. The molecule has 8 nitrogen and oxygen atoms in total. The number of likely N-dealkylation sites (N-methyl/N-ethyl adjacent to an activating group) is 1. The number of esters is 1. The van der Waals surface area contributed by atoms with Gasteiger partial charge >= 0.3 is 5.97 Å². The highest BCUT2D eigenvalue weighted by atomic mass is 32.2. The third-order valence-corrected chi connectivity index (χ3v) is 8.17. The normalized spacial score (nSPS) is 24.7. The van der Waals surface area contributed by atoms with E-state index in [9.17, 15) is 18.8 Å². The Morgan fingerprint density at radius 2 is 1.91 bits per heavy atom. The Labute approximate surface area is 209 Å². The molecule has 0 saturated carbocycles. The standard InChI is InChI=1S/C25H33FN4O4S/c1-15(27-2)25(33)34-22(17-9-11-28-12-10-17)24(32)30-13-3-4-20(30)23-29-19(14-35-23)21(31)16-5-7-18(26)8-6-16/h5-8,15,17,19-20,22,27-28H,3-4,9-14H2,1-2H3/t15-,19?,20-,22-/m0/s1. The number of Topliss-reactive ketones (excluding diaryl/α,β-unsaturated/α-hetero) is 1. The molecule has 3 aliphatic rings. The highest BCUT2D eigenvalue weighted by molar-refractivity contribution is 8.14. The number of ketones is 1. The lowest BCUT2D eigenvalue weighted by atomic mass is 9.91. The van der Waals surface area contributed by atoms with E-state index in [1.807, 2.05) is 0 Å². The fourth-order valence-electron chi connectivity index (χ4n) is 4.81. The maximum atomic E-state index is 13.8. The summed E-state index contributed by atoms with van der Waals surface area (Å²) in [6.07, 6.45) is 2.28. The summed E-state index contributed by atoms with van der Waals surface area (Å²) in [6, 6.07) is 4.23. The summed E-state index contributed by atoms with van der Waals surface area (Å²) in [7, 11) is 1.68. The smallest absolute Gasteiger partial charge is 0.323 e. The van der Waals surface area contributed by atoms with Crippen molar-refractivity contribution in [1.82, 2.24) is 15.5 Å². The van der Waals surface area contributed by atoms with Gasteiger partial charge in [0.25, 0.3) is 5.91 Å². The number of likely N-dealkylation sites (tertiary alicyclic amines) is 1. The Hall–Kier alpha value is -2.30. The van der Waals surface area contributed by atoms with Gasteiger partial charge in [-0.05, 0) is 77.0 Å². The molecule has 4 atom stereocenters. The van der Waals surface area contributed by atoms with Crippen LogP contribution in [0.3, 0.4) is 0 Å². The van der Waals surface area contributed by atoms with Crippen LogP contribution in [0.2, 0.25) is 0 Å². The van der Waals surface area contributed by atoms with Gasteiger partial charge in [-0.2, -0.15) is 0 Å². The van der Waals surface area contributed by atoms with Crippen LogP contribution in [0.25, 0.3) is 0 Å². The molecule has 4 rings (SSSR count). The quantitative estimate of drug-likeness (QED) is 0.413. The first kappa shape index (κ1) is 25.8. The highest BCUT2D eigenvalue weighted by Crippen LogP contribution is 2.32. The van der Waals surface area contributed by atoms with Crippen LogP contribution in [0.1, 0.15) is 43.0 Å². The second kappa shape index (κ2) is 11.6. The van der Waals surface area contributed by atoms with Crippen LogP contribution in [0, 0.1) is 11.7 Å². The number of halogens is 1. The van der Waals surface area contributed by atoms with Gasteiger partial charge in [-0.1, -0.05) is 0 Å². The SMILES string of the molecule is CN[C@@H](C)C(=O)O[C@H](C(=O)N1CCC[C@H]1C1=NC(C(=O)c2ccc(F)cc2)CS1)C1CCNCC1. The maximum Gasteiger partial charge on any atom is 0.323 e. The number of ether oxygens (including phenoxy) is 1. The van der Waals surface area contributed by atoms with E-state index >= 15 is 0 Å². The van der Waals surface area contributed by atoms with Crippen molar-refractivity contribution in [2.75, 3.05) is 32.4 Å². The van der Waals surface area contributed by atoms with E-state index in [1.54, 1.807) is 18.9 Å². The van der Waals surface area contributed by atoms with Crippen LogP contribution in [0.5, 0.6) is 0 Å². The number of piperidine rings is 1. The minimum absolute atomic E-state index is 0.0380. The zero-order valence-electron chi connectivity index (χ0n) is 20.2. The molecule has 3 aliphatic heterocycles. The highest BCUT2D eigenvalue weighted by Gasteiger charge is 2.43. The Balaban J connectivity index is 1.50. The average Bonchev–Trinajstić information content (AvgIpc) is 3.56. The molecule has 0 aliphatic carbocycles. The van der Waals surface area contributed by atoms with E-state index in [0.29, 0.717) is 17.9 Å². The van der Waals surface area contributed by atoms with Gasteiger partial charge in [0.15, 0.2) is 11.9 Å². The van der Waals surface area contributed by atoms with Gasteiger partial charge < -0.3 is 20.3 Å². The number of hydrogen-bond donors (Lipinski definition) is 2. The largest absolute Gasteiger partial charge is 0.451 e. The van der Waals surface area contributed by atoms with Crippen molar-refractivity contribution in [3.05, 3.63) is 35.6 Å². The van der Waals surface area contributed by atoms with E-state index in [-0.39, 0.29) is 29.5 Å². The lowest BCUT2D eigenvalue weighted by Crippen LogP contribution is -2.51. The summed E-state index contributed by atoms with van der Waals surface area (Å²) in [5.41, 5.74) is 0.429. The van der Waals surface area contributed by atoms with Crippen LogP contribution >= 0.6 is 11.8 Å². The van der Waals surface area contributed by atoms with E-state index < -0.39 is 24.2 Å². The number of aliphatic imine (C=N–C) groups is 1. The Morgan fingerprint density at radius 3 is 2.60 bits per heavy atom. The molecule has 1 aromatic carbocycles. The van der Waals surface area contributed by atoms with Gasteiger partial charge in [-0.3, -0.25) is 19.4 Å². The summed E-state index contributed by atoms with van der Waals surface area (Å²) in [5.74, 6) is -0.684. The summed E-state index contributed by atoms with van der Waals surface area (Å²) in [6.45, 7) is 3.85. The average molecular weight is 505 g/mol. The zero-order valence-corrected chi connectivity index (χ0v) is 21.0. The van der Waals surface area contributed by atoms with E-state index in [4.69, 9.17) is 9.73 Å². The molecule has 1 amide bonds. The van der Waals surface area contributed by atoms with Crippen LogP contribution in [-0.4, -0.2) is 84.3 Å². The number of amides is 1. The first-order chi connectivity index (χ1) is 16.9. The topological polar surface area (TPSA) is 100 Å². The van der Waals surface area contributed by atoms with Gasteiger partial charge in [0.1, 0.15) is 17.9 Å². The van der Waals surface area contributed by atoms with Crippen molar-refractivity contribution in [2.45, 2.75) is 56.8 Å². The molecule has 0 radical (unpaired) electrons. The van der Waals surface area contributed by atoms with Crippen molar-refractivity contribution in [1.29, 1.82) is 0 Å². The summed E-state index contributed by atoms with van der Waals surface area (Å²) in [5, 5.41) is 6.95. The summed E-state index contributed by atoms with van der Waals surface area (Å²) < 4.78 is 19.0. The zero-order chi connectivity index (χ0) is 24.9. The van der Waals surface area contributed by atoms with Crippen molar-refractivity contribution in [3.63, 3.8) is 0 Å². The fraction of sp³-hybridized carbons (Fsp3) is 0.600. The van der Waals surface area contributed by atoms with Crippen LogP contribution < -0.4 is 10.6 Å². The first-order valence-corrected chi connectivity index (χ1v) is 13.3. The van der Waals surface area contributed by atoms with Crippen LogP contribution in [0.4, 0.5) is 4.39 Å².